The van der Waals surface area contributed by atoms with Gasteiger partial charge in [-0.2, -0.15) is 18.4 Å². The lowest BCUT2D eigenvalue weighted by atomic mass is 9.97. The number of nitrogens with one attached hydrogen (secondary N) is 2. The quantitative estimate of drug-likeness (QED) is 0.656. The van der Waals surface area contributed by atoms with E-state index in [1.807, 2.05) is 6.07 Å². The maximum atomic E-state index is 13.5. The monoisotopic (exact) mass is 478 g/mol. The molecule has 1 aliphatic rings. The molecule has 0 spiro atoms. The van der Waals surface area contributed by atoms with Gasteiger partial charge in [0.15, 0.2) is 17.2 Å². The van der Waals surface area contributed by atoms with E-state index >= 15 is 0 Å². The van der Waals surface area contributed by atoms with E-state index in [1.165, 1.54) is 18.5 Å². The lowest BCUT2D eigenvalue weighted by Gasteiger charge is -2.33. The van der Waals surface area contributed by atoms with Crippen LogP contribution in [0.1, 0.15) is 45.0 Å². The van der Waals surface area contributed by atoms with Gasteiger partial charge in [-0.05, 0) is 39.5 Å². The zero-order chi connectivity index (χ0) is 24.9. The number of amides is 1. The van der Waals surface area contributed by atoms with Crippen LogP contribution in [0.4, 0.5) is 35.3 Å². The number of carbonyl (C=O) groups excluding carboxylic acids is 1. The van der Waals surface area contributed by atoms with Crippen LogP contribution in [0.15, 0.2) is 18.5 Å². The van der Waals surface area contributed by atoms with E-state index in [4.69, 9.17) is 10.00 Å². The third-order valence-electron chi connectivity index (χ3n) is 4.93. The van der Waals surface area contributed by atoms with Crippen LogP contribution < -0.4 is 10.6 Å². The number of halogens is 3. The van der Waals surface area contributed by atoms with E-state index in [1.54, 1.807) is 25.7 Å². The maximum Gasteiger partial charge on any atom is 0.437 e. The number of alkyl halides is 3. The molecular formula is C21H25F3N8O2. The van der Waals surface area contributed by atoms with Crippen molar-refractivity contribution in [2.75, 3.05) is 30.3 Å². The first kappa shape index (κ1) is 24.9. The molecule has 0 atom stereocenters. The molecule has 1 aliphatic heterocycles. The molecule has 0 unspecified atom stereocenters. The summed E-state index contributed by atoms with van der Waals surface area (Å²) in [4.78, 5) is 21.6. The van der Waals surface area contributed by atoms with Gasteiger partial charge in [0, 0.05) is 25.7 Å². The molecule has 0 saturated carbocycles. The zero-order valence-corrected chi connectivity index (χ0v) is 19.0. The smallest absolute Gasteiger partial charge is 0.437 e. The number of carbonyl (C=O) groups is 1. The molecule has 3 rings (SSSR count). The van der Waals surface area contributed by atoms with Gasteiger partial charge in [-0.15, -0.1) is 10.2 Å². The summed E-state index contributed by atoms with van der Waals surface area (Å²) in [6, 6.07) is 3.02. The number of likely N-dealkylation sites (tertiary alicyclic amines) is 1. The van der Waals surface area contributed by atoms with Gasteiger partial charge in [0.25, 0.3) is 0 Å². The highest BCUT2D eigenvalue weighted by atomic mass is 19.4. The van der Waals surface area contributed by atoms with Crippen molar-refractivity contribution in [1.82, 2.24) is 25.1 Å². The fraction of sp³-hybridized carbons (Fsp3) is 0.524. The SMILES string of the molecule is CC(C)(C)OC(=O)N1CCC(CNc2cc(Nc3cnc(C#N)cn3)nnc2C(F)(F)F)CC1. The summed E-state index contributed by atoms with van der Waals surface area (Å²) in [6.45, 7) is 6.57. The first-order valence-electron chi connectivity index (χ1n) is 10.6. The van der Waals surface area contributed by atoms with Crippen molar-refractivity contribution in [3.63, 3.8) is 0 Å². The number of anilines is 3. The Hall–Kier alpha value is -3.69. The van der Waals surface area contributed by atoms with Crippen molar-refractivity contribution >= 4 is 23.4 Å². The van der Waals surface area contributed by atoms with Gasteiger partial charge in [-0.3, -0.25) is 0 Å². The minimum Gasteiger partial charge on any atom is -0.444 e. The van der Waals surface area contributed by atoms with E-state index in [0.717, 1.165) is 0 Å². The summed E-state index contributed by atoms with van der Waals surface area (Å²) in [5, 5.41) is 21.3. The summed E-state index contributed by atoms with van der Waals surface area (Å²) in [5.41, 5.74) is -1.84. The number of aromatic nitrogens is 4. The number of hydrogen-bond acceptors (Lipinski definition) is 9. The van der Waals surface area contributed by atoms with E-state index in [-0.39, 0.29) is 35.5 Å². The Kier molecular flexibility index (Phi) is 7.38. The largest absolute Gasteiger partial charge is 0.444 e. The van der Waals surface area contributed by atoms with Crippen molar-refractivity contribution < 1.29 is 22.7 Å². The highest BCUT2D eigenvalue weighted by molar-refractivity contribution is 5.68. The minimum atomic E-state index is -4.69. The molecule has 0 bridgehead atoms. The molecule has 2 aromatic rings. The van der Waals surface area contributed by atoms with Crippen LogP contribution in [0, 0.1) is 17.2 Å². The molecule has 1 fully saturated rings. The summed E-state index contributed by atoms with van der Waals surface area (Å²) < 4.78 is 45.7. The van der Waals surface area contributed by atoms with Crippen molar-refractivity contribution in [3.05, 3.63) is 29.8 Å². The highest BCUT2D eigenvalue weighted by Gasteiger charge is 2.37. The molecule has 0 radical (unpaired) electrons. The Labute approximate surface area is 194 Å². The Morgan fingerprint density at radius 2 is 1.88 bits per heavy atom. The van der Waals surface area contributed by atoms with Gasteiger partial charge in [-0.25, -0.2) is 14.8 Å². The Morgan fingerprint density at radius 1 is 1.18 bits per heavy atom. The van der Waals surface area contributed by atoms with E-state index < -0.39 is 23.6 Å². The second kappa shape index (κ2) is 10.1. The van der Waals surface area contributed by atoms with E-state index in [2.05, 4.69) is 30.8 Å². The zero-order valence-electron chi connectivity index (χ0n) is 19.0. The van der Waals surface area contributed by atoms with Crippen molar-refractivity contribution in [2.45, 2.75) is 45.4 Å². The number of ether oxygens (including phenoxy) is 1. The predicted molar refractivity (Wildman–Crippen MR) is 116 cm³/mol. The van der Waals surface area contributed by atoms with Gasteiger partial charge in [0.2, 0.25) is 0 Å². The molecule has 3 heterocycles. The summed E-state index contributed by atoms with van der Waals surface area (Å²) in [6.07, 6.45) is -1.34. The lowest BCUT2D eigenvalue weighted by Crippen LogP contribution is -2.42. The van der Waals surface area contributed by atoms with Gasteiger partial charge < -0.3 is 20.3 Å². The van der Waals surface area contributed by atoms with Crippen LogP contribution in [0.25, 0.3) is 0 Å². The standard InChI is InChI=1S/C21H25F3N8O2/c1-20(2,3)34-19(33)32-6-4-13(5-7-32)10-27-15-8-16(30-31-18(15)21(22,23)24)29-17-12-26-14(9-25)11-28-17/h8,11-13H,4-7,10H2,1-3H3,(H2,27,28,29,30). The summed E-state index contributed by atoms with van der Waals surface area (Å²) >= 11 is 0. The fourth-order valence-corrected chi connectivity index (χ4v) is 3.28. The Balaban J connectivity index is 1.64. The first-order valence-corrected chi connectivity index (χ1v) is 10.6. The van der Waals surface area contributed by atoms with Gasteiger partial charge in [0.05, 0.1) is 18.1 Å². The molecule has 0 aliphatic carbocycles. The molecule has 1 saturated heterocycles. The average molecular weight is 478 g/mol. The normalized spacial score (nSPS) is 14.9. The molecule has 2 aromatic heterocycles. The van der Waals surface area contributed by atoms with Gasteiger partial charge >= 0.3 is 12.3 Å². The first-order chi connectivity index (χ1) is 15.9. The minimum absolute atomic E-state index is 0.0363. The maximum absolute atomic E-state index is 13.5. The topological polar surface area (TPSA) is 129 Å². The molecular weight excluding hydrogens is 453 g/mol. The Morgan fingerprint density at radius 3 is 2.44 bits per heavy atom. The number of rotatable bonds is 5. The average Bonchev–Trinajstić information content (AvgIpc) is 2.77. The van der Waals surface area contributed by atoms with Crippen LogP contribution >= 0.6 is 0 Å². The summed E-state index contributed by atoms with van der Waals surface area (Å²) in [5.74, 6) is 0.302. The molecule has 10 nitrogen and oxygen atoms in total. The van der Waals surface area contributed by atoms with Gasteiger partial charge in [0.1, 0.15) is 17.5 Å². The van der Waals surface area contributed by atoms with E-state index in [9.17, 15) is 18.0 Å². The molecule has 2 N–H and O–H groups in total. The molecule has 13 heteroatoms. The molecule has 0 aromatic carbocycles. The fourth-order valence-electron chi connectivity index (χ4n) is 3.28. The third-order valence-corrected chi connectivity index (χ3v) is 4.93. The highest BCUT2D eigenvalue weighted by Crippen LogP contribution is 2.34. The van der Waals surface area contributed by atoms with Crippen molar-refractivity contribution in [1.29, 1.82) is 5.26 Å². The molecule has 1 amide bonds. The lowest BCUT2D eigenvalue weighted by molar-refractivity contribution is -0.141. The number of nitrogens with zero attached hydrogens (tertiary/aromatic N) is 6. The second-order valence-electron chi connectivity index (χ2n) is 8.80. The van der Waals surface area contributed by atoms with Crippen LogP contribution in [-0.4, -0.2) is 56.4 Å². The predicted octanol–water partition coefficient (Wildman–Crippen LogP) is 3.96. The van der Waals surface area contributed by atoms with Crippen LogP contribution in [0.2, 0.25) is 0 Å². The van der Waals surface area contributed by atoms with Crippen LogP contribution in [-0.2, 0) is 10.9 Å². The van der Waals surface area contributed by atoms with Crippen LogP contribution in [0.5, 0.6) is 0 Å². The molecule has 34 heavy (non-hydrogen) atoms. The van der Waals surface area contributed by atoms with Crippen LogP contribution in [0.3, 0.4) is 0 Å². The third kappa shape index (κ3) is 6.90. The summed E-state index contributed by atoms with van der Waals surface area (Å²) in [7, 11) is 0. The molecule has 182 valence electrons. The van der Waals surface area contributed by atoms with Crippen molar-refractivity contribution in [2.24, 2.45) is 5.92 Å². The number of hydrogen-bond donors (Lipinski definition) is 2. The number of nitriles is 1. The second-order valence-corrected chi connectivity index (χ2v) is 8.80. The van der Waals surface area contributed by atoms with E-state index in [0.29, 0.717) is 25.9 Å². The number of piperidine rings is 1. The van der Waals surface area contributed by atoms with Crippen molar-refractivity contribution in [3.8, 4) is 6.07 Å². The Bertz CT molecular complexity index is 1040. The van der Waals surface area contributed by atoms with Gasteiger partial charge in [-0.1, -0.05) is 0 Å².